The van der Waals surface area contributed by atoms with Crippen molar-refractivity contribution in [3.8, 4) is 0 Å². The summed E-state index contributed by atoms with van der Waals surface area (Å²) in [4.78, 5) is 38.9. The van der Waals surface area contributed by atoms with Crippen LogP contribution in [0.25, 0.3) is 10.8 Å². The molecule has 0 aliphatic carbocycles. The maximum Gasteiger partial charge on any atom is 0.325 e. The van der Waals surface area contributed by atoms with E-state index in [1.807, 2.05) is 72.8 Å². The minimum Gasteiger partial charge on any atom is -0.355 e. The van der Waals surface area contributed by atoms with Crippen molar-refractivity contribution >= 4 is 28.6 Å². The molecule has 1 heterocycles. The van der Waals surface area contributed by atoms with E-state index in [0.29, 0.717) is 12.1 Å². The highest BCUT2D eigenvalue weighted by Gasteiger charge is 2.49. The fraction of sp³-hybridized carbons (Fsp3) is 0.240. The van der Waals surface area contributed by atoms with Gasteiger partial charge in [-0.25, -0.2) is 4.79 Å². The van der Waals surface area contributed by atoms with Crippen LogP contribution < -0.4 is 10.6 Å². The Balaban J connectivity index is 1.37. The third kappa shape index (κ3) is 4.28. The van der Waals surface area contributed by atoms with Crippen LogP contribution in [0.1, 0.15) is 24.5 Å². The van der Waals surface area contributed by atoms with Crippen LogP contribution >= 0.6 is 0 Å². The van der Waals surface area contributed by atoms with Gasteiger partial charge in [0.25, 0.3) is 5.91 Å². The highest BCUT2D eigenvalue weighted by Crippen LogP contribution is 2.30. The third-order valence-corrected chi connectivity index (χ3v) is 5.71. The van der Waals surface area contributed by atoms with E-state index >= 15 is 0 Å². The van der Waals surface area contributed by atoms with E-state index in [-0.39, 0.29) is 12.5 Å². The first-order chi connectivity index (χ1) is 15.0. The van der Waals surface area contributed by atoms with E-state index in [0.717, 1.165) is 28.5 Å². The SMILES string of the molecule is CC1(c2ccc3ccccc3c2)NC(=O)N(CC(=O)NCCCc2ccccc2)C1=O. The van der Waals surface area contributed by atoms with E-state index < -0.39 is 17.5 Å². The molecule has 1 saturated heterocycles. The number of rotatable bonds is 7. The van der Waals surface area contributed by atoms with E-state index in [9.17, 15) is 14.4 Å². The van der Waals surface area contributed by atoms with Gasteiger partial charge in [-0.2, -0.15) is 0 Å². The fourth-order valence-electron chi connectivity index (χ4n) is 3.90. The molecule has 0 aromatic heterocycles. The molecule has 3 aromatic carbocycles. The fourth-order valence-corrected chi connectivity index (χ4v) is 3.90. The molecule has 2 N–H and O–H groups in total. The van der Waals surface area contributed by atoms with Crippen molar-refractivity contribution in [1.29, 1.82) is 0 Å². The van der Waals surface area contributed by atoms with Crippen molar-refractivity contribution in [2.45, 2.75) is 25.3 Å². The number of benzene rings is 3. The van der Waals surface area contributed by atoms with Crippen LogP contribution in [0, 0.1) is 0 Å². The summed E-state index contributed by atoms with van der Waals surface area (Å²) in [6, 6.07) is 23.0. The molecule has 158 valence electrons. The third-order valence-electron chi connectivity index (χ3n) is 5.71. The lowest BCUT2D eigenvalue weighted by Gasteiger charge is -2.22. The molecule has 1 unspecified atom stereocenters. The lowest BCUT2D eigenvalue weighted by Crippen LogP contribution is -2.43. The van der Waals surface area contributed by atoms with Gasteiger partial charge >= 0.3 is 6.03 Å². The number of nitrogens with one attached hydrogen (secondary N) is 2. The van der Waals surface area contributed by atoms with Crippen molar-refractivity contribution in [3.05, 3.63) is 83.9 Å². The Morgan fingerprint density at radius 2 is 1.68 bits per heavy atom. The molecule has 4 rings (SSSR count). The maximum atomic E-state index is 13.1. The number of urea groups is 1. The highest BCUT2D eigenvalue weighted by molar-refractivity contribution is 6.09. The van der Waals surface area contributed by atoms with Crippen molar-refractivity contribution in [2.24, 2.45) is 0 Å². The molecule has 0 bridgehead atoms. The predicted octanol–water partition coefficient (Wildman–Crippen LogP) is 3.36. The topological polar surface area (TPSA) is 78.5 Å². The number of carbonyl (C=O) groups is 3. The van der Waals surface area contributed by atoms with Crippen molar-refractivity contribution in [1.82, 2.24) is 15.5 Å². The van der Waals surface area contributed by atoms with E-state index in [1.54, 1.807) is 6.92 Å². The first-order valence-corrected chi connectivity index (χ1v) is 10.4. The lowest BCUT2D eigenvalue weighted by atomic mass is 9.90. The Morgan fingerprint density at radius 1 is 0.968 bits per heavy atom. The Morgan fingerprint density at radius 3 is 2.45 bits per heavy atom. The van der Waals surface area contributed by atoms with E-state index in [4.69, 9.17) is 0 Å². The molecule has 31 heavy (non-hydrogen) atoms. The predicted molar refractivity (Wildman–Crippen MR) is 119 cm³/mol. The van der Waals surface area contributed by atoms with E-state index in [1.165, 1.54) is 5.56 Å². The zero-order chi connectivity index (χ0) is 21.8. The second-order valence-electron chi connectivity index (χ2n) is 7.95. The lowest BCUT2D eigenvalue weighted by molar-refractivity contribution is -0.134. The minimum absolute atomic E-state index is 0.292. The summed E-state index contributed by atoms with van der Waals surface area (Å²) in [7, 11) is 0. The van der Waals surface area contributed by atoms with Gasteiger partial charge in [0, 0.05) is 6.54 Å². The first kappa shape index (κ1) is 20.6. The Kier molecular flexibility index (Phi) is 5.71. The van der Waals surface area contributed by atoms with Crippen LogP contribution in [-0.2, 0) is 21.5 Å². The van der Waals surface area contributed by atoms with Gasteiger partial charge in [-0.15, -0.1) is 0 Å². The Labute approximate surface area is 181 Å². The van der Waals surface area contributed by atoms with Gasteiger partial charge in [0.2, 0.25) is 5.91 Å². The van der Waals surface area contributed by atoms with Crippen molar-refractivity contribution in [3.63, 3.8) is 0 Å². The number of fused-ring (bicyclic) bond motifs is 1. The van der Waals surface area contributed by atoms with Gasteiger partial charge in [0.15, 0.2) is 0 Å². The molecule has 0 saturated carbocycles. The zero-order valence-electron chi connectivity index (χ0n) is 17.4. The van der Waals surface area contributed by atoms with Crippen molar-refractivity contribution < 1.29 is 14.4 Å². The normalized spacial score (nSPS) is 18.3. The summed E-state index contributed by atoms with van der Waals surface area (Å²) in [5.41, 5.74) is 0.696. The Bertz CT molecular complexity index is 1130. The number of nitrogens with zero attached hydrogens (tertiary/aromatic N) is 1. The van der Waals surface area contributed by atoms with Gasteiger partial charge in [-0.3, -0.25) is 14.5 Å². The molecule has 6 heteroatoms. The molecular formula is C25H25N3O3. The zero-order valence-corrected chi connectivity index (χ0v) is 17.4. The minimum atomic E-state index is -1.20. The summed E-state index contributed by atoms with van der Waals surface area (Å²) in [5.74, 6) is -0.772. The monoisotopic (exact) mass is 415 g/mol. The van der Waals surface area contributed by atoms with Crippen molar-refractivity contribution in [2.75, 3.05) is 13.1 Å². The molecule has 3 aromatic rings. The molecule has 1 fully saturated rings. The molecule has 0 spiro atoms. The number of hydrogen-bond donors (Lipinski definition) is 2. The molecule has 6 nitrogen and oxygen atoms in total. The van der Waals surface area contributed by atoms with E-state index in [2.05, 4.69) is 10.6 Å². The molecule has 1 aliphatic heterocycles. The molecule has 1 aliphatic rings. The summed E-state index contributed by atoms with van der Waals surface area (Å²) in [5, 5.41) is 7.60. The average molecular weight is 415 g/mol. The summed E-state index contributed by atoms with van der Waals surface area (Å²) < 4.78 is 0. The number of carbonyl (C=O) groups excluding carboxylic acids is 3. The molecule has 1 atom stereocenters. The van der Waals surface area contributed by atoms with Crippen LogP contribution in [0.15, 0.2) is 72.8 Å². The van der Waals surface area contributed by atoms with Gasteiger partial charge < -0.3 is 10.6 Å². The summed E-state index contributed by atoms with van der Waals surface area (Å²) in [6.45, 7) is 1.87. The standard InChI is InChI=1S/C25H25N3O3/c1-25(21-14-13-19-11-5-6-12-20(19)16-21)23(30)28(24(31)27-25)17-22(29)26-15-7-10-18-8-3-2-4-9-18/h2-6,8-9,11-14,16H,7,10,15,17H2,1H3,(H,26,29)(H,27,31). The maximum absolute atomic E-state index is 13.1. The molecule has 4 amide bonds. The molecule has 0 radical (unpaired) electrons. The quantitative estimate of drug-likeness (QED) is 0.459. The van der Waals surface area contributed by atoms with Crippen LogP contribution in [0.3, 0.4) is 0 Å². The van der Waals surface area contributed by atoms with Crippen LogP contribution in [0.5, 0.6) is 0 Å². The second kappa shape index (κ2) is 8.60. The Hall–Kier alpha value is -3.67. The van der Waals surface area contributed by atoms with Gasteiger partial charge in [0.1, 0.15) is 12.1 Å². The first-order valence-electron chi connectivity index (χ1n) is 10.4. The largest absolute Gasteiger partial charge is 0.355 e. The van der Waals surface area contributed by atoms with Gasteiger partial charge in [-0.05, 0) is 47.7 Å². The van der Waals surface area contributed by atoms with Crippen LogP contribution in [0.2, 0.25) is 0 Å². The highest BCUT2D eigenvalue weighted by atomic mass is 16.2. The smallest absolute Gasteiger partial charge is 0.325 e. The molecular weight excluding hydrogens is 390 g/mol. The second-order valence-corrected chi connectivity index (χ2v) is 7.95. The van der Waals surface area contributed by atoms with Gasteiger partial charge in [0.05, 0.1) is 0 Å². The number of aryl methyl sites for hydroxylation is 1. The van der Waals surface area contributed by atoms with Crippen LogP contribution in [-0.4, -0.2) is 35.8 Å². The summed E-state index contributed by atoms with van der Waals surface area (Å²) in [6.07, 6.45) is 1.63. The van der Waals surface area contributed by atoms with Gasteiger partial charge in [-0.1, -0.05) is 66.7 Å². The number of hydrogen-bond acceptors (Lipinski definition) is 3. The number of imide groups is 1. The number of amides is 4. The average Bonchev–Trinajstić information content (AvgIpc) is 3.01. The summed E-state index contributed by atoms with van der Waals surface area (Å²) >= 11 is 0. The van der Waals surface area contributed by atoms with Crippen LogP contribution in [0.4, 0.5) is 4.79 Å².